The number of rotatable bonds is 11. The first-order chi connectivity index (χ1) is 19.2. The molecule has 212 valence electrons. The monoisotopic (exact) mass is 563 g/mol. The number of hydrogen-bond acceptors (Lipinski definition) is 4. The second kappa shape index (κ2) is 13.3. The molecule has 3 aromatic carbocycles. The fraction of sp³-hybridized carbons (Fsp3) is 0.375. The minimum atomic E-state index is -1.65. The molecule has 3 aromatic rings. The molecule has 1 atom stereocenters. The Morgan fingerprint density at radius 1 is 0.950 bits per heavy atom. The van der Waals surface area contributed by atoms with Crippen LogP contribution in [0, 0.1) is 17.7 Å². The van der Waals surface area contributed by atoms with Crippen LogP contribution in [0.3, 0.4) is 0 Å². The lowest BCUT2D eigenvalue weighted by Crippen LogP contribution is -2.34. The molecule has 0 spiro atoms. The zero-order valence-corrected chi connectivity index (χ0v) is 24.5. The topological polar surface area (TPSA) is 69.7 Å². The third-order valence-corrected chi connectivity index (χ3v) is 8.24. The van der Waals surface area contributed by atoms with Crippen molar-refractivity contribution in [1.82, 2.24) is 10.2 Å². The van der Waals surface area contributed by atoms with Crippen LogP contribution in [0.15, 0.2) is 76.5 Å². The van der Waals surface area contributed by atoms with E-state index in [1.54, 1.807) is 60.7 Å². The molecular weight excluding hydrogens is 525 g/mol. The van der Waals surface area contributed by atoms with E-state index in [2.05, 4.69) is 37.9 Å². The summed E-state index contributed by atoms with van der Waals surface area (Å²) in [5, 5.41) is 2.99. The Hall–Kier alpha value is -3.36. The van der Waals surface area contributed by atoms with Crippen LogP contribution in [-0.2, 0) is 17.3 Å². The Morgan fingerprint density at radius 3 is 2.33 bits per heavy atom. The highest BCUT2D eigenvalue weighted by Crippen LogP contribution is 2.36. The standard InChI is InChI=1S/C32H38FN3O3S/c1-22(2)19-35(20-23(3)4)17-9-16-34-31(37)24-14-15-30-28(18-24)36(21-25-10-5-7-12-27(25)33)32(38)26-11-6-8-13-29(26)40(30)39/h5-8,10-15,18,22-23H,9,16-17,19-21H2,1-4H3,(H,34,37). The fourth-order valence-electron chi connectivity index (χ4n) is 5.06. The van der Waals surface area contributed by atoms with Crippen LogP contribution in [0.4, 0.5) is 10.1 Å². The van der Waals surface area contributed by atoms with E-state index in [9.17, 15) is 18.2 Å². The van der Waals surface area contributed by atoms with Crippen LogP contribution in [0.25, 0.3) is 0 Å². The molecule has 0 saturated heterocycles. The quantitative estimate of drug-likeness (QED) is 0.296. The van der Waals surface area contributed by atoms with Gasteiger partial charge in [0.05, 0.1) is 38.4 Å². The van der Waals surface area contributed by atoms with E-state index < -0.39 is 16.6 Å². The molecule has 1 aliphatic heterocycles. The van der Waals surface area contributed by atoms with Gasteiger partial charge in [-0.25, -0.2) is 8.60 Å². The van der Waals surface area contributed by atoms with Crippen LogP contribution in [0.2, 0.25) is 0 Å². The number of anilines is 1. The summed E-state index contributed by atoms with van der Waals surface area (Å²) >= 11 is 0. The largest absolute Gasteiger partial charge is 0.352 e. The second-order valence-corrected chi connectivity index (χ2v) is 12.5. The van der Waals surface area contributed by atoms with Gasteiger partial charge in [0.2, 0.25) is 0 Å². The third-order valence-electron chi connectivity index (χ3n) is 6.74. The number of carbonyl (C=O) groups excluding carboxylic acids is 2. The summed E-state index contributed by atoms with van der Waals surface area (Å²) in [5.41, 5.74) is 1.32. The highest BCUT2D eigenvalue weighted by molar-refractivity contribution is 7.85. The highest BCUT2D eigenvalue weighted by Gasteiger charge is 2.32. The van der Waals surface area contributed by atoms with E-state index in [1.165, 1.54) is 11.0 Å². The van der Waals surface area contributed by atoms with E-state index in [0.29, 0.717) is 50.5 Å². The van der Waals surface area contributed by atoms with Gasteiger partial charge in [-0.15, -0.1) is 0 Å². The number of nitrogens with zero attached hydrogens (tertiary/aromatic N) is 2. The maximum Gasteiger partial charge on any atom is 0.259 e. The lowest BCUT2D eigenvalue weighted by atomic mass is 10.1. The number of nitrogens with one attached hydrogen (secondary N) is 1. The maximum atomic E-state index is 14.6. The summed E-state index contributed by atoms with van der Waals surface area (Å²) in [6.07, 6.45) is 0.813. The van der Waals surface area contributed by atoms with Gasteiger partial charge in [-0.1, -0.05) is 58.0 Å². The Morgan fingerprint density at radius 2 is 1.62 bits per heavy atom. The van der Waals surface area contributed by atoms with Gasteiger partial charge in [0.1, 0.15) is 5.82 Å². The summed E-state index contributed by atoms with van der Waals surface area (Å²) in [6, 6.07) is 17.9. The summed E-state index contributed by atoms with van der Waals surface area (Å²) in [4.78, 5) is 31.5. The summed E-state index contributed by atoms with van der Waals surface area (Å²) in [6.45, 7) is 12.2. The molecule has 4 rings (SSSR count). The Bertz CT molecular complexity index is 1380. The van der Waals surface area contributed by atoms with Crippen molar-refractivity contribution in [3.63, 3.8) is 0 Å². The van der Waals surface area contributed by atoms with Gasteiger partial charge in [0.25, 0.3) is 11.8 Å². The minimum absolute atomic E-state index is 0.0589. The van der Waals surface area contributed by atoms with Crippen molar-refractivity contribution >= 4 is 28.3 Å². The van der Waals surface area contributed by atoms with E-state index in [1.807, 2.05) is 0 Å². The minimum Gasteiger partial charge on any atom is -0.352 e. The first-order valence-electron chi connectivity index (χ1n) is 13.9. The van der Waals surface area contributed by atoms with Crippen LogP contribution >= 0.6 is 0 Å². The molecule has 0 fully saturated rings. The normalized spacial score (nSPS) is 14.8. The Balaban J connectivity index is 1.57. The number of hydrogen-bond donors (Lipinski definition) is 1. The number of fused-ring (bicyclic) bond motifs is 2. The summed E-state index contributed by atoms with van der Waals surface area (Å²) < 4.78 is 28.2. The SMILES string of the molecule is CC(C)CN(CCCNC(=O)c1ccc2c(c1)N(Cc1ccccc1F)C(=O)c1ccccc1S2=O)CC(C)C. The molecule has 6 nitrogen and oxygen atoms in total. The molecule has 0 aliphatic carbocycles. The maximum absolute atomic E-state index is 14.6. The van der Waals surface area contributed by atoms with Crippen molar-refractivity contribution in [2.24, 2.45) is 11.8 Å². The van der Waals surface area contributed by atoms with Crippen molar-refractivity contribution in [1.29, 1.82) is 0 Å². The number of amides is 2. The zero-order valence-electron chi connectivity index (χ0n) is 23.7. The predicted octanol–water partition coefficient (Wildman–Crippen LogP) is 5.89. The molecule has 2 amide bonds. The number of carbonyl (C=O) groups is 2. The van der Waals surface area contributed by atoms with Gasteiger partial charge in [-0.2, -0.15) is 0 Å². The van der Waals surface area contributed by atoms with E-state index in [0.717, 1.165) is 26.1 Å². The van der Waals surface area contributed by atoms with Gasteiger partial charge in [-0.3, -0.25) is 9.59 Å². The summed E-state index contributed by atoms with van der Waals surface area (Å²) in [7, 11) is -1.65. The fourth-order valence-corrected chi connectivity index (χ4v) is 6.40. The number of halogens is 1. The average Bonchev–Trinajstić information content (AvgIpc) is 3.00. The lowest BCUT2D eigenvalue weighted by Gasteiger charge is -2.26. The molecule has 0 radical (unpaired) electrons. The van der Waals surface area contributed by atoms with E-state index >= 15 is 0 Å². The molecule has 0 bridgehead atoms. The van der Waals surface area contributed by atoms with Crippen LogP contribution in [0.5, 0.6) is 0 Å². The van der Waals surface area contributed by atoms with Crippen molar-refractivity contribution in [2.45, 2.75) is 50.5 Å². The number of benzene rings is 3. The molecule has 8 heteroatoms. The van der Waals surface area contributed by atoms with Gasteiger partial charge in [0.15, 0.2) is 0 Å². The molecule has 0 saturated carbocycles. The van der Waals surface area contributed by atoms with Gasteiger partial charge in [0, 0.05) is 30.8 Å². The van der Waals surface area contributed by atoms with E-state index in [-0.39, 0.29) is 18.4 Å². The van der Waals surface area contributed by atoms with Gasteiger partial charge < -0.3 is 15.1 Å². The molecule has 1 heterocycles. The zero-order chi connectivity index (χ0) is 28.8. The Labute approximate surface area is 239 Å². The first-order valence-corrected chi connectivity index (χ1v) is 15.0. The smallest absolute Gasteiger partial charge is 0.259 e. The molecule has 40 heavy (non-hydrogen) atoms. The van der Waals surface area contributed by atoms with E-state index in [4.69, 9.17) is 0 Å². The molecule has 0 aromatic heterocycles. The molecule has 1 unspecified atom stereocenters. The molecule has 1 N–H and O–H groups in total. The first kappa shape index (κ1) is 29.6. The second-order valence-electron chi connectivity index (χ2n) is 11.1. The third kappa shape index (κ3) is 7.04. The molecule has 1 aliphatic rings. The van der Waals surface area contributed by atoms with Crippen LogP contribution < -0.4 is 10.2 Å². The summed E-state index contributed by atoms with van der Waals surface area (Å²) in [5.74, 6) is 0.0411. The van der Waals surface area contributed by atoms with Crippen molar-refractivity contribution in [3.8, 4) is 0 Å². The highest BCUT2D eigenvalue weighted by atomic mass is 32.2. The average molecular weight is 564 g/mol. The van der Waals surface area contributed by atoms with Crippen molar-refractivity contribution in [2.75, 3.05) is 31.1 Å². The van der Waals surface area contributed by atoms with Crippen LogP contribution in [-0.4, -0.2) is 47.1 Å². The van der Waals surface area contributed by atoms with Crippen molar-refractivity contribution in [3.05, 3.63) is 89.2 Å². The Kier molecular flexibility index (Phi) is 9.87. The lowest BCUT2D eigenvalue weighted by molar-refractivity contribution is 0.0947. The van der Waals surface area contributed by atoms with Crippen LogP contribution in [0.1, 0.15) is 60.4 Å². The molecular formula is C32H38FN3O3S. The van der Waals surface area contributed by atoms with Crippen molar-refractivity contribution < 1.29 is 18.2 Å². The predicted molar refractivity (Wildman–Crippen MR) is 158 cm³/mol. The van der Waals surface area contributed by atoms with Gasteiger partial charge >= 0.3 is 0 Å². The van der Waals surface area contributed by atoms with Gasteiger partial charge in [-0.05, 0) is 61.2 Å².